The molecule has 0 bridgehead atoms. The van der Waals surface area contributed by atoms with E-state index in [1.807, 2.05) is 29.2 Å². The number of sulfone groups is 1. The second kappa shape index (κ2) is 7.14. The molecular weight excluding hydrogens is 406 g/mol. The highest BCUT2D eigenvalue weighted by atomic mass is 32.2. The molecule has 1 saturated heterocycles. The Hall–Kier alpha value is -2.84. The molecule has 3 aliphatic rings. The summed E-state index contributed by atoms with van der Waals surface area (Å²) >= 11 is 0. The van der Waals surface area contributed by atoms with E-state index in [0.29, 0.717) is 36.8 Å². The van der Waals surface area contributed by atoms with Crippen molar-refractivity contribution in [3.8, 4) is 17.2 Å². The van der Waals surface area contributed by atoms with Crippen LogP contribution in [0.1, 0.15) is 27.9 Å². The van der Waals surface area contributed by atoms with Crippen LogP contribution in [-0.4, -0.2) is 50.5 Å². The van der Waals surface area contributed by atoms with Crippen LogP contribution >= 0.6 is 0 Å². The van der Waals surface area contributed by atoms with Gasteiger partial charge in [-0.1, -0.05) is 12.1 Å². The fraction of sp³-hybridized carbons (Fsp3) is 0.318. The number of nitrogens with zero attached hydrogens (tertiary/aromatic N) is 1. The largest absolute Gasteiger partial charge is 0.497 e. The molecule has 1 atom stereocenters. The lowest BCUT2D eigenvalue weighted by Gasteiger charge is -2.33. The third kappa shape index (κ3) is 3.36. The lowest BCUT2D eigenvalue weighted by atomic mass is 10.0. The standard InChI is InChI=1S/C22H21NO6S/c1-27-16-4-2-14(3-5-16)10-20-21(24)17-6-7-19-18(22(17)29-20)11-23(13-28-19)15-8-9-30(25,26)12-15/h2-7,10,15H,8-9,11-13H2,1H3/b20-10-/t15-/m0/s1. The maximum absolute atomic E-state index is 12.9. The Balaban J connectivity index is 1.43. The molecule has 0 aliphatic carbocycles. The molecule has 5 rings (SSSR count). The smallest absolute Gasteiger partial charge is 0.231 e. The second-order valence-electron chi connectivity index (χ2n) is 7.71. The zero-order valence-electron chi connectivity index (χ0n) is 16.5. The van der Waals surface area contributed by atoms with E-state index in [1.54, 1.807) is 25.3 Å². The number of carbonyl (C=O) groups is 1. The van der Waals surface area contributed by atoms with E-state index in [0.717, 1.165) is 16.9 Å². The van der Waals surface area contributed by atoms with Crippen molar-refractivity contribution in [3.05, 3.63) is 58.8 Å². The van der Waals surface area contributed by atoms with Gasteiger partial charge in [0.1, 0.15) is 24.0 Å². The maximum atomic E-state index is 12.9. The number of methoxy groups -OCH3 is 1. The van der Waals surface area contributed by atoms with E-state index >= 15 is 0 Å². The SMILES string of the molecule is COc1ccc(/C=C2\Oc3c(ccc4c3CN([C@H]3CCS(=O)(=O)C3)CO4)C2=O)cc1. The van der Waals surface area contributed by atoms with Crippen molar-refractivity contribution in [2.75, 3.05) is 25.3 Å². The van der Waals surface area contributed by atoms with Crippen molar-refractivity contribution < 1.29 is 27.4 Å². The highest BCUT2D eigenvalue weighted by Crippen LogP contribution is 2.42. The summed E-state index contributed by atoms with van der Waals surface area (Å²) in [6.07, 6.45) is 2.30. The molecule has 3 aliphatic heterocycles. The Kier molecular flexibility index (Phi) is 4.56. The molecule has 0 saturated carbocycles. The monoisotopic (exact) mass is 427 g/mol. The molecule has 7 nitrogen and oxygen atoms in total. The first kappa shape index (κ1) is 19.1. The van der Waals surface area contributed by atoms with Crippen molar-refractivity contribution in [2.45, 2.75) is 19.0 Å². The quantitative estimate of drug-likeness (QED) is 0.697. The second-order valence-corrected chi connectivity index (χ2v) is 9.94. The molecule has 3 heterocycles. The van der Waals surface area contributed by atoms with Gasteiger partial charge in [-0.15, -0.1) is 0 Å². The molecule has 2 aromatic rings. The predicted octanol–water partition coefficient (Wildman–Crippen LogP) is 2.65. The summed E-state index contributed by atoms with van der Waals surface area (Å²) in [5.41, 5.74) is 2.11. The van der Waals surface area contributed by atoms with Crippen LogP contribution in [0.2, 0.25) is 0 Å². The van der Waals surface area contributed by atoms with Crippen LogP contribution < -0.4 is 14.2 Å². The molecule has 156 valence electrons. The number of Topliss-reactive ketones (excluding diaryl/α,β-unsaturated/α-hetero) is 1. The van der Waals surface area contributed by atoms with Crippen LogP contribution in [0.4, 0.5) is 0 Å². The Morgan fingerprint density at radius 1 is 1.17 bits per heavy atom. The third-order valence-corrected chi connectivity index (χ3v) is 7.53. The maximum Gasteiger partial charge on any atom is 0.231 e. The molecule has 2 aromatic carbocycles. The number of ketones is 1. The Bertz CT molecular complexity index is 1150. The summed E-state index contributed by atoms with van der Waals surface area (Å²) in [5.74, 6) is 2.33. The molecule has 0 amide bonds. The van der Waals surface area contributed by atoms with Crippen molar-refractivity contribution in [2.24, 2.45) is 0 Å². The van der Waals surface area contributed by atoms with Gasteiger partial charge in [0.25, 0.3) is 0 Å². The van der Waals surface area contributed by atoms with Crippen LogP contribution in [-0.2, 0) is 16.4 Å². The topological polar surface area (TPSA) is 82.1 Å². The van der Waals surface area contributed by atoms with Crippen LogP contribution in [0.3, 0.4) is 0 Å². The van der Waals surface area contributed by atoms with E-state index in [9.17, 15) is 13.2 Å². The minimum absolute atomic E-state index is 0.0783. The molecule has 0 unspecified atom stereocenters. The van der Waals surface area contributed by atoms with E-state index in [-0.39, 0.29) is 29.1 Å². The molecule has 0 spiro atoms. The predicted molar refractivity (Wildman–Crippen MR) is 110 cm³/mol. The van der Waals surface area contributed by atoms with Gasteiger partial charge in [-0.2, -0.15) is 0 Å². The summed E-state index contributed by atoms with van der Waals surface area (Å²) < 4.78 is 40.7. The van der Waals surface area contributed by atoms with Crippen LogP contribution in [0.5, 0.6) is 17.2 Å². The van der Waals surface area contributed by atoms with Crippen molar-refractivity contribution in [1.29, 1.82) is 0 Å². The van der Waals surface area contributed by atoms with Crippen molar-refractivity contribution in [1.82, 2.24) is 4.90 Å². The number of carbonyl (C=O) groups excluding carboxylic acids is 1. The van der Waals surface area contributed by atoms with Crippen LogP contribution in [0, 0.1) is 0 Å². The van der Waals surface area contributed by atoms with Gasteiger partial charge >= 0.3 is 0 Å². The fourth-order valence-electron chi connectivity index (χ4n) is 4.12. The van der Waals surface area contributed by atoms with Gasteiger partial charge in [-0.3, -0.25) is 9.69 Å². The van der Waals surface area contributed by atoms with E-state index in [2.05, 4.69) is 0 Å². The summed E-state index contributed by atoms with van der Waals surface area (Å²) in [7, 11) is -1.39. The first-order valence-corrected chi connectivity index (χ1v) is 11.6. The first-order valence-electron chi connectivity index (χ1n) is 9.75. The molecule has 1 fully saturated rings. The summed E-state index contributed by atoms with van der Waals surface area (Å²) in [6.45, 7) is 0.816. The highest BCUT2D eigenvalue weighted by Gasteiger charge is 2.38. The third-order valence-electron chi connectivity index (χ3n) is 5.78. The van der Waals surface area contributed by atoms with Gasteiger partial charge in [0.2, 0.25) is 5.78 Å². The highest BCUT2D eigenvalue weighted by molar-refractivity contribution is 7.91. The zero-order chi connectivity index (χ0) is 20.9. The van der Waals surface area contributed by atoms with Gasteiger partial charge in [-0.05, 0) is 42.3 Å². The summed E-state index contributed by atoms with van der Waals surface area (Å²) in [5, 5.41) is 0. The van der Waals surface area contributed by atoms with E-state index in [1.165, 1.54) is 0 Å². The number of rotatable bonds is 3. The Labute approximate surface area is 174 Å². The van der Waals surface area contributed by atoms with Crippen LogP contribution in [0.15, 0.2) is 42.2 Å². The van der Waals surface area contributed by atoms with Crippen LogP contribution in [0.25, 0.3) is 6.08 Å². The summed E-state index contributed by atoms with van der Waals surface area (Å²) in [6, 6.07) is 10.8. The average molecular weight is 427 g/mol. The number of benzene rings is 2. The number of hydrogen-bond donors (Lipinski definition) is 0. The lowest BCUT2D eigenvalue weighted by Crippen LogP contribution is -2.41. The first-order chi connectivity index (χ1) is 14.4. The molecular formula is C22H21NO6S. The molecule has 0 radical (unpaired) electrons. The van der Waals surface area contributed by atoms with Gasteiger partial charge in [0, 0.05) is 12.6 Å². The van der Waals surface area contributed by atoms with Crippen molar-refractivity contribution in [3.63, 3.8) is 0 Å². The minimum atomic E-state index is -2.99. The Morgan fingerprint density at radius 3 is 2.67 bits per heavy atom. The number of hydrogen-bond acceptors (Lipinski definition) is 7. The molecule has 30 heavy (non-hydrogen) atoms. The van der Waals surface area contributed by atoms with Gasteiger partial charge in [-0.25, -0.2) is 8.42 Å². The number of fused-ring (bicyclic) bond motifs is 3. The minimum Gasteiger partial charge on any atom is -0.497 e. The average Bonchev–Trinajstić information content (AvgIpc) is 3.27. The number of allylic oxidation sites excluding steroid dienone is 1. The lowest BCUT2D eigenvalue weighted by molar-refractivity contribution is 0.0634. The van der Waals surface area contributed by atoms with E-state index in [4.69, 9.17) is 14.2 Å². The van der Waals surface area contributed by atoms with Gasteiger partial charge < -0.3 is 14.2 Å². The molecule has 0 aromatic heterocycles. The number of ether oxygens (including phenoxy) is 3. The zero-order valence-corrected chi connectivity index (χ0v) is 17.3. The fourth-order valence-corrected chi connectivity index (χ4v) is 5.89. The normalized spacial score (nSPS) is 23.6. The van der Waals surface area contributed by atoms with Gasteiger partial charge in [0.05, 0.1) is 29.7 Å². The Morgan fingerprint density at radius 2 is 1.97 bits per heavy atom. The molecule has 0 N–H and O–H groups in total. The van der Waals surface area contributed by atoms with Crippen molar-refractivity contribution >= 4 is 21.7 Å². The molecule has 8 heteroatoms. The summed E-state index contributed by atoms with van der Waals surface area (Å²) in [4.78, 5) is 14.9. The van der Waals surface area contributed by atoms with Gasteiger partial charge in [0.15, 0.2) is 15.6 Å². The van der Waals surface area contributed by atoms with E-state index < -0.39 is 9.84 Å².